The SMILES string of the molecule is CC1Cc2ncccc2C(C)N1C(=O)c1nc2c(Cl)cccc2[nH]1. The predicted molar refractivity (Wildman–Crippen MR) is 93.1 cm³/mol. The number of carbonyl (C=O) groups is 1. The fourth-order valence-electron chi connectivity index (χ4n) is 3.51. The number of benzene rings is 1. The molecule has 0 radical (unpaired) electrons. The highest BCUT2D eigenvalue weighted by Crippen LogP contribution is 2.33. The van der Waals surface area contributed by atoms with E-state index in [9.17, 15) is 4.79 Å². The molecular formula is C18H17ClN4O. The summed E-state index contributed by atoms with van der Waals surface area (Å²) in [6.07, 6.45) is 2.55. The second-order valence-electron chi connectivity index (χ2n) is 6.20. The Morgan fingerprint density at radius 2 is 2.12 bits per heavy atom. The number of halogens is 1. The molecule has 2 atom stereocenters. The molecule has 1 aliphatic heterocycles. The Morgan fingerprint density at radius 3 is 2.92 bits per heavy atom. The van der Waals surface area contributed by atoms with E-state index in [0.717, 1.165) is 23.2 Å². The van der Waals surface area contributed by atoms with E-state index >= 15 is 0 Å². The number of hydrogen-bond acceptors (Lipinski definition) is 3. The zero-order valence-corrected chi connectivity index (χ0v) is 14.2. The van der Waals surface area contributed by atoms with Crippen LogP contribution in [-0.2, 0) is 6.42 Å². The zero-order valence-electron chi connectivity index (χ0n) is 13.5. The second kappa shape index (κ2) is 5.60. The van der Waals surface area contributed by atoms with Crippen LogP contribution in [0.15, 0.2) is 36.5 Å². The maximum Gasteiger partial charge on any atom is 0.290 e. The molecule has 0 saturated heterocycles. The van der Waals surface area contributed by atoms with E-state index in [-0.39, 0.29) is 18.0 Å². The van der Waals surface area contributed by atoms with Crippen molar-refractivity contribution in [2.24, 2.45) is 0 Å². The van der Waals surface area contributed by atoms with Gasteiger partial charge in [0.05, 0.1) is 16.6 Å². The second-order valence-corrected chi connectivity index (χ2v) is 6.61. The van der Waals surface area contributed by atoms with Gasteiger partial charge in [-0.3, -0.25) is 9.78 Å². The lowest BCUT2D eigenvalue weighted by atomic mass is 9.93. The number of H-pyrrole nitrogens is 1. The van der Waals surface area contributed by atoms with Crippen LogP contribution < -0.4 is 0 Å². The first-order chi connectivity index (χ1) is 11.6. The number of nitrogens with zero attached hydrogens (tertiary/aromatic N) is 3. The Labute approximate surface area is 144 Å². The van der Waals surface area contributed by atoms with Gasteiger partial charge in [0.2, 0.25) is 0 Å². The molecule has 4 rings (SSSR count). The lowest BCUT2D eigenvalue weighted by molar-refractivity contribution is 0.0566. The number of fused-ring (bicyclic) bond motifs is 2. The van der Waals surface area contributed by atoms with Crippen molar-refractivity contribution in [2.45, 2.75) is 32.4 Å². The molecule has 1 aliphatic rings. The van der Waals surface area contributed by atoms with Gasteiger partial charge >= 0.3 is 0 Å². The first-order valence-corrected chi connectivity index (χ1v) is 8.34. The minimum Gasteiger partial charge on any atom is -0.334 e. The van der Waals surface area contributed by atoms with Crippen LogP contribution in [0.5, 0.6) is 0 Å². The Bertz CT molecular complexity index is 936. The average Bonchev–Trinajstić information content (AvgIpc) is 3.00. The monoisotopic (exact) mass is 340 g/mol. The van der Waals surface area contributed by atoms with Crippen molar-refractivity contribution in [1.82, 2.24) is 19.9 Å². The summed E-state index contributed by atoms with van der Waals surface area (Å²) in [4.78, 5) is 26.9. The lowest BCUT2D eigenvalue weighted by Crippen LogP contribution is -2.45. The topological polar surface area (TPSA) is 61.9 Å². The number of aromatic amines is 1. The summed E-state index contributed by atoms with van der Waals surface area (Å²) in [5, 5.41) is 0.539. The summed E-state index contributed by atoms with van der Waals surface area (Å²) in [6.45, 7) is 4.07. The molecule has 0 spiro atoms. The molecule has 1 N–H and O–H groups in total. The van der Waals surface area contributed by atoms with Crippen molar-refractivity contribution in [3.63, 3.8) is 0 Å². The Kier molecular flexibility index (Phi) is 3.53. The maximum absolute atomic E-state index is 13.1. The molecule has 0 saturated carbocycles. The number of aromatic nitrogens is 3. The first-order valence-electron chi connectivity index (χ1n) is 7.97. The molecule has 0 fully saturated rings. The quantitative estimate of drug-likeness (QED) is 0.733. The molecule has 3 heterocycles. The number of para-hydroxylation sites is 1. The Morgan fingerprint density at radius 1 is 1.29 bits per heavy atom. The van der Waals surface area contributed by atoms with Gasteiger partial charge in [0.15, 0.2) is 5.82 Å². The third kappa shape index (κ3) is 2.27. The molecule has 1 aromatic carbocycles. The highest BCUT2D eigenvalue weighted by Gasteiger charge is 2.35. The zero-order chi connectivity index (χ0) is 16.8. The van der Waals surface area contributed by atoms with Gasteiger partial charge in [0.1, 0.15) is 5.52 Å². The summed E-state index contributed by atoms with van der Waals surface area (Å²) in [5.41, 5.74) is 3.56. The molecule has 3 aromatic rings. The van der Waals surface area contributed by atoms with Crippen molar-refractivity contribution in [3.05, 3.63) is 58.6 Å². The maximum atomic E-state index is 13.1. The van der Waals surface area contributed by atoms with Crippen molar-refractivity contribution in [3.8, 4) is 0 Å². The molecule has 1 amide bonds. The van der Waals surface area contributed by atoms with Gasteiger partial charge in [-0.25, -0.2) is 4.98 Å². The largest absolute Gasteiger partial charge is 0.334 e. The number of pyridine rings is 1. The van der Waals surface area contributed by atoms with Gasteiger partial charge in [0.25, 0.3) is 5.91 Å². The number of nitrogens with one attached hydrogen (secondary N) is 1. The van der Waals surface area contributed by atoms with Crippen LogP contribution in [0.4, 0.5) is 0 Å². The standard InChI is InChI=1S/C18H17ClN4O/c1-10-9-15-12(5-4-8-20-15)11(2)23(10)18(24)17-21-14-7-3-6-13(19)16(14)22-17/h3-8,10-11H,9H2,1-2H3,(H,21,22). The Hall–Kier alpha value is -2.40. The van der Waals surface area contributed by atoms with Crippen LogP contribution in [-0.4, -0.2) is 31.8 Å². The van der Waals surface area contributed by atoms with Crippen LogP contribution in [0.25, 0.3) is 11.0 Å². The number of amides is 1. The van der Waals surface area contributed by atoms with Gasteiger partial charge in [-0.15, -0.1) is 0 Å². The molecular weight excluding hydrogens is 324 g/mol. The van der Waals surface area contributed by atoms with Crippen molar-refractivity contribution in [2.75, 3.05) is 0 Å². The highest BCUT2D eigenvalue weighted by molar-refractivity contribution is 6.35. The summed E-state index contributed by atoms with van der Waals surface area (Å²) >= 11 is 6.17. The molecule has 2 aromatic heterocycles. The number of hydrogen-bond donors (Lipinski definition) is 1. The van der Waals surface area contributed by atoms with Gasteiger partial charge in [0, 0.05) is 24.4 Å². The van der Waals surface area contributed by atoms with Crippen LogP contribution >= 0.6 is 11.6 Å². The predicted octanol–water partition coefficient (Wildman–Crippen LogP) is 3.76. The molecule has 0 bridgehead atoms. The molecule has 2 unspecified atom stereocenters. The average molecular weight is 341 g/mol. The lowest BCUT2D eigenvalue weighted by Gasteiger charge is -2.39. The van der Waals surface area contributed by atoms with E-state index < -0.39 is 0 Å². The fourth-order valence-corrected chi connectivity index (χ4v) is 3.72. The van der Waals surface area contributed by atoms with E-state index in [1.54, 1.807) is 12.3 Å². The van der Waals surface area contributed by atoms with E-state index in [1.165, 1.54) is 0 Å². The van der Waals surface area contributed by atoms with Gasteiger partial charge in [-0.05, 0) is 37.6 Å². The molecule has 122 valence electrons. The van der Waals surface area contributed by atoms with Crippen LogP contribution in [0.3, 0.4) is 0 Å². The summed E-state index contributed by atoms with van der Waals surface area (Å²) in [7, 11) is 0. The number of rotatable bonds is 1. The third-order valence-corrected chi connectivity index (χ3v) is 4.96. The fraction of sp³-hybridized carbons (Fsp3) is 0.278. The van der Waals surface area contributed by atoms with Crippen LogP contribution in [0.2, 0.25) is 5.02 Å². The third-order valence-electron chi connectivity index (χ3n) is 4.66. The molecule has 0 aliphatic carbocycles. The smallest absolute Gasteiger partial charge is 0.290 e. The summed E-state index contributed by atoms with van der Waals surface area (Å²) in [5.74, 6) is 0.209. The van der Waals surface area contributed by atoms with Crippen molar-refractivity contribution >= 4 is 28.5 Å². The number of carbonyl (C=O) groups excluding carboxylic acids is 1. The van der Waals surface area contributed by atoms with Crippen molar-refractivity contribution < 1.29 is 4.79 Å². The van der Waals surface area contributed by atoms with E-state index in [4.69, 9.17) is 11.6 Å². The minimum absolute atomic E-state index is 0.0476. The van der Waals surface area contributed by atoms with Crippen LogP contribution in [0, 0.1) is 0 Å². The van der Waals surface area contributed by atoms with Gasteiger partial charge < -0.3 is 9.88 Å². The van der Waals surface area contributed by atoms with E-state index in [0.29, 0.717) is 16.4 Å². The van der Waals surface area contributed by atoms with Gasteiger partial charge in [-0.1, -0.05) is 23.7 Å². The molecule has 5 nitrogen and oxygen atoms in total. The van der Waals surface area contributed by atoms with Crippen LogP contribution in [0.1, 0.15) is 41.8 Å². The Balaban J connectivity index is 1.74. The molecule has 6 heteroatoms. The first kappa shape index (κ1) is 15.1. The van der Waals surface area contributed by atoms with E-state index in [1.807, 2.05) is 43.0 Å². The van der Waals surface area contributed by atoms with E-state index in [2.05, 4.69) is 15.0 Å². The normalized spacial score (nSPS) is 20.2. The summed E-state index contributed by atoms with van der Waals surface area (Å²) in [6, 6.07) is 9.43. The highest BCUT2D eigenvalue weighted by atomic mass is 35.5. The number of imidazole rings is 1. The summed E-state index contributed by atoms with van der Waals surface area (Å²) < 4.78 is 0. The van der Waals surface area contributed by atoms with Crippen molar-refractivity contribution in [1.29, 1.82) is 0 Å². The minimum atomic E-state index is -0.114. The molecule has 24 heavy (non-hydrogen) atoms. The van der Waals surface area contributed by atoms with Gasteiger partial charge in [-0.2, -0.15) is 0 Å².